The van der Waals surface area contributed by atoms with Gasteiger partial charge < -0.3 is 4.90 Å². The molecule has 4 nitrogen and oxygen atoms in total. The molecular weight excluding hydrogens is 316 g/mol. The second-order valence-corrected chi connectivity index (χ2v) is 5.78. The first-order valence-electron chi connectivity index (χ1n) is 6.29. The first-order chi connectivity index (χ1) is 8.61. The number of nitrogens with zero attached hydrogens (tertiary/aromatic N) is 4. The number of aromatic nitrogens is 2. The van der Waals surface area contributed by atoms with Gasteiger partial charge in [0.15, 0.2) is 0 Å². The topological polar surface area (TPSA) is 32.3 Å². The molecule has 0 bridgehead atoms. The minimum absolute atomic E-state index is 0.303. The van der Waals surface area contributed by atoms with Crippen molar-refractivity contribution in [2.75, 3.05) is 31.1 Å². The van der Waals surface area contributed by atoms with Gasteiger partial charge in [-0.3, -0.25) is 4.90 Å². The molecule has 1 fully saturated rings. The van der Waals surface area contributed by atoms with Crippen molar-refractivity contribution < 1.29 is 0 Å². The maximum Gasteiger partial charge on any atom is 0.224 e. The Bertz CT molecular complexity index is 407. The fourth-order valence-electron chi connectivity index (χ4n) is 2.19. The number of piperazine rings is 1. The van der Waals surface area contributed by atoms with Crippen LogP contribution in [0.5, 0.6) is 0 Å². The van der Waals surface area contributed by atoms with Gasteiger partial charge in [0, 0.05) is 38.4 Å². The number of anilines is 1. The first kappa shape index (κ1) is 14.0. The van der Waals surface area contributed by atoms with Gasteiger partial charge in [-0.05, 0) is 40.9 Å². The molecule has 1 saturated heterocycles. The van der Waals surface area contributed by atoms with E-state index >= 15 is 0 Å². The molecule has 18 heavy (non-hydrogen) atoms. The minimum atomic E-state index is 0.303. The molecule has 2 rings (SSSR count). The van der Waals surface area contributed by atoms with Crippen LogP contribution in [0.25, 0.3) is 0 Å². The molecule has 6 heteroatoms. The van der Waals surface area contributed by atoms with Gasteiger partial charge in [0.05, 0.1) is 4.47 Å². The molecule has 1 aliphatic rings. The Balaban J connectivity index is 2.03. The first-order valence-corrected chi connectivity index (χ1v) is 7.46. The zero-order chi connectivity index (χ0) is 13.1. The molecule has 1 aromatic rings. The number of halogens is 2. The van der Waals surface area contributed by atoms with E-state index in [1.807, 2.05) is 0 Å². The van der Waals surface area contributed by atoms with Crippen molar-refractivity contribution in [3.8, 4) is 0 Å². The maximum atomic E-state index is 5.86. The summed E-state index contributed by atoms with van der Waals surface area (Å²) in [4.78, 5) is 13.0. The fraction of sp³-hybridized carbons (Fsp3) is 0.667. The van der Waals surface area contributed by atoms with Crippen LogP contribution in [0, 0.1) is 0 Å². The molecule has 0 spiro atoms. The summed E-state index contributed by atoms with van der Waals surface area (Å²) in [6.45, 7) is 8.63. The average Bonchev–Trinajstić information content (AvgIpc) is 2.41. The molecule has 0 aliphatic carbocycles. The summed E-state index contributed by atoms with van der Waals surface area (Å²) < 4.78 is 0.906. The molecule has 100 valence electrons. The van der Waals surface area contributed by atoms with E-state index in [1.54, 1.807) is 6.20 Å². The van der Waals surface area contributed by atoms with Gasteiger partial charge in [0.2, 0.25) is 5.28 Å². The van der Waals surface area contributed by atoms with Crippen molar-refractivity contribution in [3.05, 3.63) is 16.0 Å². The molecule has 1 aromatic heterocycles. The molecule has 0 saturated carbocycles. The summed E-state index contributed by atoms with van der Waals surface area (Å²) >= 11 is 9.34. The zero-order valence-corrected chi connectivity index (χ0v) is 13.1. The van der Waals surface area contributed by atoms with Gasteiger partial charge in [-0.2, -0.15) is 4.98 Å². The van der Waals surface area contributed by atoms with Gasteiger partial charge in [-0.25, -0.2) is 4.98 Å². The smallest absolute Gasteiger partial charge is 0.224 e. The highest BCUT2D eigenvalue weighted by Gasteiger charge is 2.22. The molecule has 1 aliphatic heterocycles. The molecular formula is C12H18BrClN4. The van der Waals surface area contributed by atoms with Crippen molar-refractivity contribution >= 4 is 33.3 Å². The Morgan fingerprint density at radius 2 is 2.06 bits per heavy atom. The third-order valence-corrected chi connectivity index (χ3v) is 4.27. The SMILES string of the molecule is CCC(C)N1CCN(c2nc(Cl)ncc2Br)CC1. The summed E-state index contributed by atoms with van der Waals surface area (Å²) in [5.41, 5.74) is 0. The van der Waals surface area contributed by atoms with Gasteiger partial charge in [0.1, 0.15) is 5.82 Å². The Hall–Kier alpha value is -0.390. The van der Waals surface area contributed by atoms with E-state index in [0.29, 0.717) is 11.3 Å². The van der Waals surface area contributed by atoms with E-state index in [2.05, 4.69) is 49.5 Å². The van der Waals surface area contributed by atoms with Crippen molar-refractivity contribution in [1.82, 2.24) is 14.9 Å². The quantitative estimate of drug-likeness (QED) is 0.796. The van der Waals surface area contributed by atoms with Crippen LogP contribution in [-0.2, 0) is 0 Å². The highest BCUT2D eigenvalue weighted by molar-refractivity contribution is 9.10. The van der Waals surface area contributed by atoms with Crippen LogP contribution in [0.3, 0.4) is 0 Å². The van der Waals surface area contributed by atoms with E-state index in [4.69, 9.17) is 11.6 Å². The molecule has 0 radical (unpaired) electrons. The summed E-state index contributed by atoms with van der Waals surface area (Å²) in [6.07, 6.45) is 2.91. The predicted molar refractivity (Wildman–Crippen MR) is 78.3 cm³/mol. The van der Waals surface area contributed by atoms with Crippen LogP contribution in [-0.4, -0.2) is 47.1 Å². The van der Waals surface area contributed by atoms with Crippen LogP contribution >= 0.6 is 27.5 Å². The number of rotatable bonds is 3. The molecule has 0 amide bonds. The predicted octanol–water partition coefficient (Wildman–Crippen LogP) is 2.81. The lowest BCUT2D eigenvalue weighted by Crippen LogP contribution is -2.49. The minimum Gasteiger partial charge on any atom is -0.353 e. The standard InChI is InChI=1S/C12H18BrClN4/c1-3-9(2)17-4-6-18(7-5-17)11-10(13)8-15-12(14)16-11/h8-9H,3-7H2,1-2H3. The van der Waals surface area contributed by atoms with E-state index in [1.165, 1.54) is 6.42 Å². The third-order valence-electron chi connectivity index (χ3n) is 3.52. The second-order valence-electron chi connectivity index (χ2n) is 4.59. The third kappa shape index (κ3) is 3.13. The van der Waals surface area contributed by atoms with Crippen LogP contribution in [0.15, 0.2) is 10.7 Å². The number of hydrogen-bond donors (Lipinski definition) is 0. The summed E-state index contributed by atoms with van der Waals surface area (Å²) in [7, 11) is 0. The normalized spacial score (nSPS) is 19.0. The van der Waals surface area contributed by atoms with E-state index in [9.17, 15) is 0 Å². The van der Waals surface area contributed by atoms with E-state index < -0.39 is 0 Å². The molecule has 0 N–H and O–H groups in total. The molecule has 1 atom stereocenters. The maximum absolute atomic E-state index is 5.86. The van der Waals surface area contributed by atoms with E-state index in [0.717, 1.165) is 36.5 Å². The second kappa shape index (κ2) is 6.17. The highest BCUT2D eigenvalue weighted by Crippen LogP contribution is 2.25. The Morgan fingerprint density at radius 1 is 1.39 bits per heavy atom. The highest BCUT2D eigenvalue weighted by atomic mass is 79.9. The average molecular weight is 334 g/mol. The summed E-state index contributed by atoms with van der Waals surface area (Å²) in [5.74, 6) is 0.902. The van der Waals surface area contributed by atoms with Gasteiger partial charge in [-0.1, -0.05) is 6.92 Å². The summed E-state index contributed by atoms with van der Waals surface area (Å²) in [6, 6.07) is 0.657. The van der Waals surface area contributed by atoms with Crippen LogP contribution in [0.4, 0.5) is 5.82 Å². The number of hydrogen-bond acceptors (Lipinski definition) is 4. The summed E-state index contributed by atoms with van der Waals surface area (Å²) in [5, 5.41) is 0.303. The van der Waals surface area contributed by atoms with Crippen LogP contribution < -0.4 is 4.90 Å². The van der Waals surface area contributed by atoms with Crippen molar-refractivity contribution in [3.63, 3.8) is 0 Å². The molecule has 1 unspecified atom stereocenters. The lowest BCUT2D eigenvalue weighted by atomic mass is 10.2. The Morgan fingerprint density at radius 3 is 2.67 bits per heavy atom. The van der Waals surface area contributed by atoms with E-state index in [-0.39, 0.29) is 0 Å². The Kier molecular flexibility index (Phi) is 4.81. The monoisotopic (exact) mass is 332 g/mol. The van der Waals surface area contributed by atoms with Gasteiger partial charge >= 0.3 is 0 Å². The largest absolute Gasteiger partial charge is 0.353 e. The van der Waals surface area contributed by atoms with Gasteiger partial charge in [0.25, 0.3) is 0 Å². The lowest BCUT2D eigenvalue weighted by Gasteiger charge is -2.38. The lowest BCUT2D eigenvalue weighted by molar-refractivity contribution is 0.192. The van der Waals surface area contributed by atoms with Crippen molar-refractivity contribution in [2.45, 2.75) is 26.3 Å². The van der Waals surface area contributed by atoms with Crippen LogP contribution in [0.2, 0.25) is 5.28 Å². The molecule has 0 aromatic carbocycles. The zero-order valence-electron chi connectivity index (χ0n) is 10.7. The van der Waals surface area contributed by atoms with Crippen molar-refractivity contribution in [1.29, 1.82) is 0 Å². The van der Waals surface area contributed by atoms with Crippen molar-refractivity contribution in [2.24, 2.45) is 0 Å². The fourth-order valence-corrected chi connectivity index (χ4v) is 2.76. The Labute approximate surface area is 121 Å². The van der Waals surface area contributed by atoms with Gasteiger partial charge in [-0.15, -0.1) is 0 Å². The van der Waals surface area contributed by atoms with Crippen LogP contribution in [0.1, 0.15) is 20.3 Å². The molecule has 2 heterocycles.